The van der Waals surface area contributed by atoms with Crippen LogP contribution in [-0.2, 0) is 0 Å². The molecule has 0 aliphatic rings. The van der Waals surface area contributed by atoms with Gasteiger partial charge in [-0.1, -0.05) is 0 Å². The Hall–Kier alpha value is -1.97. The van der Waals surface area contributed by atoms with Crippen molar-refractivity contribution in [1.29, 1.82) is 0 Å². The van der Waals surface area contributed by atoms with Crippen LogP contribution in [0, 0.1) is 5.82 Å². The van der Waals surface area contributed by atoms with Crippen molar-refractivity contribution in [2.45, 2.75) is 6.61 Å². The standard InChI is InChI=1S/C9H9BrF3N5O/c10-3-1-5(17-9(16)18-8(14)15)4(11)2-6(3)19-7(12)13/h1-2,7H,(H6,14,15,16,17,18). The SMILES string of the molecule is NC(N)=NC(N)=Nc1cc(Br)c(OC(F)F)cc1F. The zero-order valence-electron chi connectivity index (χ0n) is 9.28. The summed E-state index contributed by atoms with van der Waals surface area (Å²) in [6.45, 7) is -3.07. The van der Waals surface area contributed by atoms with Gasteiger partial charge in [-0.05, 0) is 22.0 Å². The molecule has 0 saturated carbocycles. The third kappa shape index (κ3) is 4.66. The molecule has 0 aliphatic carbocycles. The maximum absolute atomic E-state index is 13.6. The van der Waals surface area contributed by atoms with Crippen molar-refractivity contribution in [3.05, 3.63) is 22.4 Å². The van der Waals surface area contributed by atoms with Gasteiger partial charge in [0.2, 0.25) is 5.96 Å². The van der Waals surface area contributed by atoms with Gasteiger partial charge in [-0.2, -0.15) is 13.8 Å². The first kappa shape index (κ1) is 15.1. The lowest BCUT2D eigenvalue weighted by atomic mass is 10.3. The molecule has 0 atom stereocenters. The van der Waals surface area contributed by atoms with Gasteiger partial charge >= 0.3 is 6.61 Å². The van der Waals surface area contributed by atoms with Crippen LogP contribution in [-0.4, -0.2) is 18.5 Å². The highest BCUT2D eigenvalue weighted by molar-refractivity contribution is 9.10. The number of rotatable bonds is 3. The van der Waals surface area contributed by atoms with Crippen LogP contribution in [0.1, 0.15) is 0 Å². The summed E-state index contributed by atoms with van der Waals surface area (Å²) in [6, 6.07) is 1.83. The molecule has 1 aromatic rings. The van der Waals surface area contributed by atoms with Gasteiger partial charge in [-0.15, -0.1) is 0 Å². The fourth-order valence-electron chi connectivity index (χ4n) is 1.07. The van der Waals surface area contributed by atoms with Gasteiger partial charge in [0.05, 0.1) is 4.47 Å². The molecule has 1 aromatic carbocycles. The number of hydrogen-bond donors (Lipinski definition) is 3. The predicted molar refractivity (Wildman–Crippen MR) is 67.8 cm³/mol. The number of aliphatic imine (C=N–C) groups is 2. The highest BCUT2D eigenvalue weighted by Crippen LogP contribution is 2.33. The third-order valence-electron chi connectivity index (χ3n) is 1.70. The predicted octanol–water partition coefficient (Wildman–Crippen LogP) is 1.41. The molecular weight excluding hydrogens is 331 g/mol. The molecule has 0 saturated heterocycles. The Labute approximate surface area is 114 Å². The largest absolute Gasteiger partial charge is 0.434 e. The van der Waals surface area contributed by atoms with Crippen LogP contribution >= 0.6 is 15.9 Å². The third-order valence-corrected chi connectivity index (χ3v) is 2.32. The Kier molecular flexibility index (Phi) is 4.98. The molecule has 6 nitrogen and oxygen atoms in total. The molecule has 104 valence electrons. The van der Waals surface area contributed by atoms with Crippen molar-refractivity contribution in [1.82, 2.24) is 0 Å². The van der Waals surface area contributed by atoms with E-state index in [0.29, 0.717) is 0 Å². The van der Waals surface area contributed by atoms with E-state index in [1.165, 1.54) is 0 Å². The monoisotopic (exact) mass is 339 g/mol. The van der Waals surface area contributed by atoms with Crippen LogP contribution in [0.25, 0.3) is 0 Å². The summed E-state index contributed by atoms with van der Waals surface area (Å²) in [5.74, 6) is -2.02. The first-order valence-electron chi connectivity index (χ1n) is 4.67. The lowest BCUT2D eigenvalue weighted by Crippen LogP contribution is -2.26. The highest BCUT2D eigenvalue weighted by atomic mass is 79.9. The van der Waals surface area contributed by atoms with Crippen LogP contribution in [0.2, 0.25) is 0 Å². The number of guanidine groups is 2. The zero-order valence-corrected chi connectivity index (χ0v) is 10.9. The summed E-state index contributed by atoms with van der Waals surface area (Å²) < 4.78 is 41.8. The molecule has 0 bridgehead atoms. The maximum atomic E-state index is 13.6. The summed E-state index contributed by atoms with van der Waals surface area (Å²) in [5, 5.41) is 0. The Morgan fingerprint density at radius 1 is 1.26 bits per heavy atom. The van der Waals surface area contributed by atoms with Gasteiger partial charge in [-0.25, -0.2) is 9.38 Å². The molecule has 0 radical (unpaired) electrons. The molecule has 1 rings (SSSR count). The van der Waals surface area contributed by atoms with Crippen LogP contribution in [0.5, 0.6) is 5.75 Å². The minimum Gasteiger partial charge on any atom is -0.434 e. The quantitative estimate of drug-likeness (QED) is 0.570. The normalized spacial score (nSPS) is 11.5. The lowest BCUT2D eigenvalue weighted by Gasteiger charge is -2.08. The lowest BCUT2D eigenvalue weighted by molar-refractivity contribution is -0.0505. The molecule has 0 heterocycles. The first-order chi connectivity index (χ1) is 8.79. The van der Waals surface area contributed by atoms with Gasteiger partial charge in [0.15, 0.2) is 11.8 Å². The van der Waals surface area contributed by atoms with E-state index in [0.717, 1.165) is 12.1 Å². The molecule has 0 aliphatic heterocycles. The van der Waals surface area contributed by atoms with Gasteiger partial charge < -0.3 is 21.9 Å². The molecule has 6 N–H and O–H groups in total. The number of alkyl halides is 2. The number of benzene rings is 1. The number of ether oxygens (including phenoxy) is 1. The fourth-order valence-corrected chi connectivity index (χ4v) is 1.50. The van der Waals surface area contributed by atoms with Crippen LogP contribution in [0.4, 0.5) is 18.9 Å². The second-order valence-electron chi connectivity index (χ2n) is 3.12. The fraction of sp³-hybridized carbons (Fsp3) is 0.111. The number of hydrogen-bond acceptors (Lipinski definition) is 2. The Morgan fingerprint density at radius 3 is 2.42 bits per heavy atom. The summed E-state index contributed by atoms with van der Waals surface area (Å²) in [6.07, 6.45) is 0. The highest BCUT2D eigenvalue weighted by Gasteiger charge is 2.13. The van der Waals surface area contributed by atoms with Crippen molar-refractivity contribution < 1.29 is 17.9 Å². The first-order valence-corrected chi connectivity index (χ1v) is 5.46. The van der Waals surface area contributed by atoms with Crippen molar-refractivity contribution in [2.24, 2.45) is 27.2 Å². The van der Waals surface area contributed by atoms with Crippen molar-refractivity contribution >= 4 is 33.5 Å². The smallest absolute Gasteiger partial charge is 0.387 e. The van der Waals surface area contributed by atoms with E-state index in [2.05, 4.69) is 30.7 Å². The van der Waals surface area contributed by atoms with Gasteiger partial charge in [0.25, 0.3) is 0 Å². The van der Waals surface area contributed by atoms with E-state index in [1.807, 2.05) is 0 Å². The van der Waals surface area contributed by atoms with Gasteiger partial charge in [0.1, 0.15) is 11.4 Å². The summed E-state index contributed by atoms with van der Waals surface area (Å²) in [5.41, 5.74) is 15.2. The maximum Gasteiger partial charge on any atom is 0.387 e. The van der Waals surface area contributed by atoms with Gasteiger partial charge in [-0.3, -0.25) is 0 Å². The molecule has 10 heteroatoms. The van der Waals surface area contributed by atoms with Crippen LogP contribution in [0.15, 0.2) is 26.6 Å². The van der Waals surface area contributed by atoms with E-state index < -0.39 is 12.4 Å². The average molecular weight is 340 g/mol. The number of halogens is 4. The van der Waals surface area contributed by atoms with Crippen LogP contribution in [0.3, 0.4) is 0 Å². The van der Waals surface area contributed by atoms with Crippen molar-refractivity contribution in [3.8, 4) is 5.75 Å². The van der Waals surface area contributed by atoms with Gasteiger partial charge in [0, 0.05) is 6.07 Å². The molecule has 0 fully saturated rings. The van der Waals surface area contributed by atoms with E-state index in [-0.39, 0.29) is 27.8 Å². The average Bonchev–Trinajstić information content (AvgIpc) is 2.23. The summed E-state index contributed by atoms with van der Waals surface area (Å²) in [7, 11) is 0. The minimum atomic E-state index is -3.07. The number of nitrogens with two attached hydrogens (primary N) is 3. The van der Waals surface area contributed by atoms with Crippen LogP contribution < -0.4 is 21.9 Å². The molecule has 0 spiro atoms. The van der Waals surface area contributed by atoms with Crippen molar-refractivity contribution in [3.63, 3.8) is 0 Å². The molecule has 0 aromatic heterocycles. The minimum absolute atomic E-state index is 0.0745. The van der Waals surface area contributed by atoms with E-state index >= 15 is 0 Å². The van der Waals surface area contributed by atoms with E-state index in [1.54, 1.807) is 0 Å². The molecule has 0 unspecified atom stereocenters. The van der Waals surface area contributed by atoms with E-state index in [4.69, 9.17) is 17.2 Å². The molecule has 19 heavy (non-hydrogen) atoms. The second-order valence-corrected chi connectivity index (χ2v) is 3.97. The Balaban J connectivity index is 3.12. The number of nitrogens with zero attached hydrogens (tertiary/aromatic N) is 2. The molecule has 0 amide bonds. The Morgan fingerprint density at radius 2 is 1.89 bits per heavy atom. The second kappa shape index (κ2) is 6.27. The summed E-state index contributed by atoms with van der Waals surface area (Å²) >= 11 is 2.93. The topological polar surface area (TPSA) is 112 Å². The molecular formula is C9H9BrF3N5O. The summed E-state index contributed by atoms with van der Waals surface area (Å²) in [4.78, 5) is 6.96. The van der Waals surface area contributed by atoms with E-state index in [9.17, 15) is 13.2 Å². The zero-order chi connectivity index (χ0) is 14.6. The van der Waals surface area contributed by atoms with Crippen molar-refractivity contribution in [2.75, 3.05) is 0 Å². The Bertz CT molecular complexity index is 531.